The topological polar surface area (TPSA) is 55.7 Å². The van der Waals surface area contributed by atoms with Crippen molar-refractivity contribution in [3.8, 4) is 33.2 Å². The highest BCUT2D eigenvalue weighted by atomic mass is 32.1. The van der Waals surface area contributed by atoms with Crippen LogP contribution in [0, 0.1) is 13.8 Å². The monoisotopic (exact) mass is 457 g/mol. The van der Waals surface area contributed by atoms with E-state index in [2.05, 4.69) is 54.7 Å². The van der Waals surface area contributed by atoms with Gasteiger partial charge in [0.2, 0.25) is 5.13 Å². The van der Waals surface area contributed by atoms with E-state index in [9.17, 15) is 0 Å². The number of rotatable bonds is 7. The second kappa shape index (κ2) is 9.88. The van der Waals surface area contributed by atoms with Crippen molar-refractivity contribution >= 4 is 22.2 Å². The molecular formula is C27H27N3O2S. The Balaban J connectivity index is 1.68. The molecule has 0 aliphatic heterocycles. The fourth-order valence-corrected chi connectivity index (χ4v) is 4.43. The van der Waals surface area contributed by atoms with E-state index in [4.69, 9.17) is 14.5 Å². The van der Waals surface area contributed by atoms with Crippen LogP contribution in [0.3, 0.4) is 0 Å². The summed E-state index contributed by atoms with van der Waals surface area (Å²) in [6.07, 6.45) is 0. The first-order chi connectivity index (χ1) is 16.0. The third-order valence-corrected chi connectivity index (χ3v) is 6.57. The molecule has 0 amide bonds. The number of aryl methyl sites for hydroxylation is 2. The number of anilines is 1. The summed E-state index contributed by atoms with van der Waals surface area (Å²) in [7, 11) is 3.25. The molecule has 0 spiro atoms. The molecule has 1 N–H and O–H groups in total. The van der Waals surface area contributed by atoms with E-state index in [0.29, 0.717) is 11.5 Å². The Morgan fingerprint density at radius 3 is 2.30 bits per heavy atom. The van der Waals surface area contributed by atoms with Gasteiger partial charge in [-0.3, -0.25) is 5.43 Å². The third-order valence-electron chi connectivity index (χ3n) is 5.56. The van der Waals surface area contributed by atoms with Crippen molar-refractivity contribution in [1.29, 1.82) is 0 Å². The molecule has 0 radical (unpaired) electrons. The van der Waals surface area contributed by atoms with E-state index < -0.39 is 0 Å². The fraction of sp³-hybridized carbons (Fsp3) is 0.185. The normalized spacial score (nSPS) is 11.4. The number of hydrazone groups is 1. The lowest BCUT2D eigenvalue weighted by Crippen LogP contribution is -2.01. The lowest BCUT2D eigenvalue weighted by atomic mass is 10.0. The molecule has 0 fully saturated rings. The van der Waals surface area contributed by atoms with Gasteiger partial charge in [-0.15, -0.1) is 0 Å². The quantitative estimate of drug-likeness (QED) is 0.241. The summed E-state index contributed by atoms with van der Waals surface area (Å²) in [4.78, 5) is 6.02. The number of nitrogens with one attached hydrogen (secondary N) is 1. The molecule has 0 bridgehead atoms. The summed E-state index contributed by atoms with van der Waals surface area (Å²) < 4.78 is 10.7. The summed E-state index contributed by atoms with van der Waals surface area (Å²) in [5, 5.41) is 5.33. The summed E-state index contributed by atoms with van der Waals surface area (Å²) >= 11 is 1.59. The Kier molecular flexibility index (Phi) is 6.75. The molecule has 0 atom stereocenters. The molecule has 6 heteroatoms. The minimum Gasteiger partial charge on any atom is -0.493 e. The van der Waals surface area contributed by atoms with Crippen LogP contribution in [-0.4, -0.2) is 24.9 Å². The lowest BCUT2D eigenvalue weighted by molar-refractivity contribution is 0.355. The van der Waals surface area contributed by atoms with Crippen LogP contribution in [-0.2, 0) is 0 Å². The van der Waals surface area contributed by atoms with Gasteiger partial charge in [-0.1, -0.05) is 53.8 Å². The zero-order valence-electron chi connectivity index (χ0n) is 19.5. The fourth-order valence-electron chi connectivity index (χ4n) is 3.50. The number of benzene rings is 3. The van der Waals surface area contributed by atoms with Crippen molar-refractivity contribution in [2.45, 2.75) is 20.8 Å². The molecule has 1 heterocycles. The van der Waals surface area contributed by atoms with Crippen molar-refractivity contribution in [2.24, 2.45) is 5.10 Å². The van der Waals surface area contributed by atoms with E-state index in [1.54, 1.807) is 25.6 Å². The largest absolute Gasteiger partial charge is 0.493 e. The standard InChI is InChI=1S/C27H27N3O2S/c1-17-11-12-22(15-18(17)2)25-26(20-9-7-6-8-10-20)33-27(28-25)30-29-19(3)21-13-14-23(31-4)24(16-21)32-5/h6-16H,1-5H3,(H,28,30)/b29-19-. The molecule has 0 aliphatic rings. The Hall–Kier alpha value is -3.64. The van der Waals surface area contributed by atoms with Gasteiger partial charge in [0.15, 0.2) is 11.5 Å². The van der Waals surface area contributed by atoms with Crippen molar-refractivity contribution in [3.63, 3.8) is 0 Å². The first-order valence-corrected chi connectivity index (χ1v) is 11.5. The molecule has 0 saturated heterocycles. The zero-order valence-corrected chi connectivity index (χ0v) is 20.3. The second-order valence-corrected chi connectivity index (χ2v) is 8.74. The van der Waals surface area contributed by atoms with Crippen molar-refractivity contribution < 1.29 is 9.47 Å². The van der Waals surface area contributed by atoms with Crippen LogP contribution in [0.15, 0.2) is 71.8 Å². The van der Waals surface area contributed by atoms with Crippen LogP contribution in [0.4, 0.5) is 5.13 Å². The maximum Gasteiger partial charge on any atom is 0.204 e. The zero-order chi connectivity index (χ0) is 23.4. The van der Waals surface area contributed by atoms with Gasteiger partial charge in [-0.2, -0.15) is 5.10 Å². The van der Waals surface area contributed by atoms with Gasteiger partial charge in [-0.25, -0.2) is 4.98 Å². The van der Waals surface area contributed by atoms with Crippen LogP contribution >= 0.6 is 11.3 Å². The van der Waals surface area contributed by atoms with Crippen molar-refractivity contribution in [3.05, 3.63) is 83.4 Å². The van der Waals surface area contributed by atoms with Gasteiger partial charge in [0, 0.05) is 11.1 Å². The van der Waals surface area contributed by atoms with Gasteiger partial charge in [0.25, 0.3) is 0 Å². The van der Waals surface area contributed by atoms with Crippen molar-refractivity contribution in [2.75, 3.05) is 19.6 Å². The predicted molar refractivity (Wildman–Crippen MR) is 138 cm³/mol. The summed E-state index contributed by atoms with van der Waals surface area (Å²) in [6, 6.07) is 22.6. The highest BCUT2D eigenvalue weighted by molar-refractivity contribution is 7.19. The van der Waals surface area contributed by atoms with Crippen LogP contribution in [0.1, 0.15) is 23.6 Å². The van der Waals surface area contributed by atoms with Gasteiger partial charge >= 0.3 is 0 Å². The highest BCUT2D eigenvalue weighted by Gasteiger charge is 2.16. The van der Waals surface area contributed by atoms with Crippen LogP contribution < -0.4 is 14.9 Å². The third kappa shape index (κ3) is 4.91. The first-order valence-electron chi connectivity index (χ1n) is 10.7. The molecule has 4 aromatic rings. The maximum absolute atomic E-state index is 5.41. The maximum atomic E-state index is 5.41. The Morgan fingerprint density at radius 1 is 0.848 bits per heavy atom. The van der Waals surface area contributed by atoms with Gasteiger partial charge in [0.05, 0.1) is 30.5 Å². The lowest BCUT2D eigenvalue weighted by Gasteiger charge is -2.09. The molecule has 5 nitrogen and oxygen atoms in total. The molecule has 33 heavy (non-hydrogen) atoms. The van der Waals surface area contributed by atoms with Crippen LogP contribution in [0.5, 0.6) is 11.5 Å². The molecule has 0 unspecified atom stereocenters. The Bertz CT molecular complexity index is 1300. The van der Waals surface area contributed by atoms with E-state index in [-0.39, 0.29) is 0 Å². The molecule has 4 rings (SSSR count). The summed E-state index contributed by atoms with van der Waals surface area (Å²) in [5.41, 5.74) is 10.6. The molecule has 3 aromatic carbocycles. The molecular weight excluding hydrogens is 430 g/mol. The SMILES string of the molecule is COc1ccc(/C(C)=N\Nc2nc(-c3ccc(C)c(C)c3)c(-c3ccccc3)s2)cc1OC. The average Bonchev–Trinajstić information content (AvgIpc) is 3.28. The number of hydrogen-bond acceptors (Lipinski definition) is 6. The number of thiazole rings is 1. The van der Waals surface area contributed by atoms with Gasteiger partial charge in [-0.05, 0) is 61.7 Å². The van der Waals surface area contributed by atoms with Gasteiger partial charge < -0.3 is 9.47 Å². The van der Waals surface area contributed by atoms with Crippen LogP contribution in [0.2, 0.25) is 0 Å². The smallest absolute Gasteiger partial charge is 0.204 e. The molecule has 1 aromatic heterocycles. The molecule has 168 valence electrons. The Morgan fingerprint density at radius 2 is 1.61 bits per heavy atom. The van der Waals surface area contributed by atoms with E-state index in [1.807, 2.05) is 43.3 Å². The van der Waals surface area contributed by atoms with Crippen molar-refractivity contribution in [1.82, 2.24) is 4.98 Å². The minimum atomic E-state index is 0.669. The molecule has 0 aliphatic carbocycles. The highest BCUT2D eigenvalue weighted by Crippen LogP contribution is 2.39. The average molecular weight is 458 g/mol. The summed E-state index contributed by atoms with van der Waals surface area (Å²) in [5.74, 6) is 1.36. The number of ether oxygens (including phenoxy) is 2. The first kappa shape index (κ1) is 22.6. The number of nitrogens with zero attached hydrogens (tertiary/aromatic N) is 2. The Labute approximate surface area is 198 Å². The van der Waals surface area contributed by atoms with Crippen LogP contribution in [0.25, 0.3) is 21.7 Å². The van der Waals surface area contributed by atoms with E-state index in [1.165, 1.54) is 11.1 Å². The minimum absolute atomic E-state index is 0.669. The second-order valence-electron chi connectivity index (χ2n) is 7.74. The summed E-state index contributed by atoms with van der Waals surface area (Å²) in [6.45, 7) is 6.20. The van der Waals surface area contributed by atoms with Gasteiger partial charge in [0.1, 0.15) is 0 Å². The number of methoxy groups -OCH3 is 2. The van der Waals surface area contributed by atoms with E-state index >= 15 is 0 Å². The van der Waals surface area contributed by atoms with E-state index in [0.717, 1.165) is 38.1 Å². The predicted octanol–water partition coefficient (Wildman–Crippen LogP) is 6.95. The molecule has 0 saturated carbocycles. The number of hydrogen-bond donors (Lipinski definition) is 1. The number of aromatic nitrogens is 1.